The topological polar surface area (TPSA) is 65.8 Å². The van der Waals surface area contributed by atoms with E-state index in [0.29, 0.717) is 43.2 Å². The summed E-state index contributed by atoms with van der Waals surface area (Å²) in [6.45, 7) is 1.87. The summed E-state index contributed by atoms with van der Waals surface area (Å²) in [4.78, 5) is 27.9. The largest absolute Gasteiger partial charge is 0.459 e. The molecule has 2 heterocycles. The van der Waals surface area contributed by atoms with E-state index in [-0.39, 0.29) is 11.9 Å². The Balaban J connectivity index is 1.55. The van der Waals surface area contributed by atoms with Crippen molar-refractivity contribution in [1.29, 1.82) is 0 Å². The molecule has 0 saturated carbocycles. The number of rotatable bonds is 2. The number of hydrogen-bond acceptors (Lipinski definition) is 3. The highest BCUT2D eigenvalue weighted by Crippen LogP contribution is 2.13. The number of nitrogens with one attached hydrogen (secondary N) is 1. The van der Waals surface area contributed by atoms with Crippen LogP contribution >= 0.6 is 0 Å². The average molecular weight is 323 g/mol. The Bertz CT molecular complexity index is 769. The van der Waals surface area contributed by atoms with Gasteiger partial charge >= 0.3 is 6.03 Å². The molecule has 122 valence electrons. The molecular weight excluding hydrogens is 306 g/mol. The van der Waals surface area contributed by atoms with Gasteiger partial charge in [0, 0.05) is 37.4 Å². The molecule has 1 saturated heterocycles. The zero-order chi connectivity index (χ0) is 16.9. The van der Waals surface area contributed by atoms with Crippen LogP contribution in [0.15, 0.2) is 47.1 Å². The van der Waals surface area contributed by atoms with Crippen molar-refractivity contribution in [2.75, 3.05) is 31.5 Å². The van der Waals surface area contributed by atoms with E-state index < -0.39 is 0 Å². The first-order valence-corrected chi connectivity index (χ1v) is 7.63. The molecule has 0 radical (unpaired) electrons. The average Bonchev–Trinajstić information content (AvgIpc) is 3.16. The molecule has 6 nitrogen and oxygen atoms in total. The lowest BCUT2D eigenvalue weighted by Gasteiger charge is -2.34. The first kappa shape index (κ1) is 15.7. The van der Waals surface area contributed by atoms with Gasteiger partial charge in [-0.25, -0.2) is 4.79 Å². The molecule has 2 aromatic rings. The van der Waals surface area contributed by atoms with Crippen LogP contribution in [0.3, 0.4) is 0 Å². The molecule has 0 unspecified atom stereocenters. The van der Waals surface area contributed by atoms with Gasteiger partial charge in [-0.1, -0.05) is 12.0 Å². The van der Waals surface area contributed by atoms with Crippen LogP contribution in [0.25, 0.3) is 0 Å². The van der Waals surface area contributed by atoms with E-state index in [9.17, 15) is 9.59 Å². The first-order valence-electron chi connectivity index (χ1n) is 7.63. The van der Waals surface area contributed by atoms with Crippen molar-refractivity contribution in [2.24, 2.45) is 0 Å². The second-order valence-corrected chi connectivity index (χ2v) is 5.41. The van der Waals surface area contributed by atoms with Gasteiger partial charge < -0.3 is 19.5 Å². The van der Waals surface area contributed by atoms with Crippen LogP contribution in [0.1, 0.15) is 16.1 Å². The summed E-state index contributed by atoms with van der Waals surface area (Å²) in [6, 6.07) is 10.2. The van der Waals surface area contributed by atoms with Crippen molar-refractivity contribution in [3.8, 4) is 12.3 Å². The lowest BCUT2D eigenvalue weighted by Crippen LogP contribution is -2.51. The van der Waals surface area contributed by atoms with Gasteiger partial charge in [0.25, 0.3) is 5.91 Å². The second kappa shape index (κ2) is 6.92. The third-order valence-electron chi connectivity index (χ3n) is 3.87. The van der Waals surface area contributed by atoms with Crippen molar-refractivity contribution in [3.05, 3.63) is 54.0 Å². The minimum absolute atomic E-state index is 0.151. The SMILES string of the molecule is C#Cc1cccc(NC(=O)N2CCN(C(=O)c3ccco3)CC2)c1. The number of amides is 3. The maximum absolute atomic E-state index is 12.3. The molecule has 0 atom stereocenters. The predicted octanol–water partition coefficient (Wildman–Crippen LogP) is 2.25. The zero-order valence-electron chi connectivity index (χ0n) is 13.1. The van der Waals surface area contributed by atoms with E-state index in [1.807, 2.05) is 0 Å². The Morgan fingerprint density at radius 1 is 1.08 bits per heavy atom. The number of benzene rings is 1. The molecule has 6 heteroatoms. The van der Waals surface area contributed by atoms with Crippen LogP contribution in [0.2, 0.25) is 0 Å². The maximum atomic E-state index is 12.3. The van der Waals surface area contributed by atoms with E-state index in [0.717, 1.165) is 0 Å². The van der Waals surface area contributed by atoms with Crippen molar-refractivity contribution in [3.63, 3.8) is 0 Å². The quantitative estimate of drug-likeness (QED) is 0.862. The third kappa shape index (κ3) is 3.41. The molecule has 1 N–H and O–H groups in total. The van der Waals surface area contributed by atoms with Gasteiger partial charge in [0.15, 0.2) is 5.76 Å². The van der Waals surface area contributed by atoms with E-state index >= 15 is 0 Å². The minimum Gasteiger partial charge on any atom is -0.459 e. The number of carbonyl (C=O) groups excluding carboxylic acids is 2. The summed E-state index contributed by atoms with van der Waals surface area (Å²) in [5.41, 5.74) is 1.37. The Morgan fingerprint density at radius 3 is 2.50 bits per heavy atom. The molecule has 0 spiro atoms. The van der Waals surface area contributed by atoms with Gasteiger partial charge in [-0.2, -0.15) is 0 Å². The number of piperazine rings is 1. The summed E-state index contributed by atoms with van der Waals surface area (Å²) in [6.07, 6.45) is 6.83. The first-order chi connectivity index (χ1) is 11.7. The number of furan rings is 1. The molecule has 0 bridgehead atoms. The second-order valence-electron chi connectivity index (χ2n) is 5.41. The summed E-state index contributed by atoms with van der Waals surface area (Å²) >= 11 is 0. The molecule has 1 aromatic heterocycles. The lowest BCUT2D eigenvalue weighted by atomic mass is 10.2. The van der Waals surface area contributed by atoms with Gasteiger partial charge in [0.05, 0.1) is 6.26 Å². The Kier molecular flexibility index (Phi) is 4.52. The summed E-state index contributed by atoms with van der Waals surface area (Å²) in [5.74, 6) is 2.70. The number of hydrogen-bond donors (Lipinski definition) is 1. The molecule has 1 fully saturated rings. The van der Waals surface area contributed by atoms with Crippen LogP contribution in [0.5, 0.6) is 0 Å². The monoisotopic (exact) mass is 323 g/mol. The standard InChI is InChI=1S/C18H17N3O3/c1-2-14-5-3-6-15(13-14)19-18(23)21-10-8-20(9-11-21)17(22)16-7-4-12-24-16/h1,3-7,12-13H,8-11H2,(H,19,23). The van der Waals surface area contributed by atoms with Crippen LogP contribution < -0.4 is 5.32 Å². The van der Waals surface area contributed by atoms with Crippen molar-refractivity contribution < 1.29 is 14.0 Å². The highest BCUT2D eigenvalue weighted by Gasteiger charge is 2.26. The Hall–Kier alpha value is -3.20. The number of terminal acetylenes is 1. The normalized spacial score (nSPS) is 14.1. The molecule has 24 heavy (non-hydrogen) atoms. The van der Waals surface area contributed by atoms with E-state index in [4.69, 9.17) is 10.8 Å². The van der Waals surface area contributed by atoms with Gasteiger partial charge in [0.1, 0.15) is 0 Å². The van der Waals surface area contributed by atoms with Gasteiger partial charge in [-0.3, -0.25) is 4.79 Å². The number of anilines is 1. The summed E-state index contributed by atoms with van der Waals surface area (Å²) in [5, 5.41) is 2.83. The third-order valence-corrected chi connectivity index (χ3v) is 3.87. The lowest BCUT2D eigenvalue weighted by molar-refractivity contribution is 0.0640. The molecule has 3 rings (SSSR count). The van der Waals surface area contributed by atoms with Crippen molar-refractivity contribution in [2.45, 2.75) is 0 Å². The van der Waals surface area contributed by atoms with Crippen LogP contribution in [-0.4, -0.2) is 47.9 Å². The van der Waals surface area contributed by atoms with Gasteiger partial charge in [-0.15, -0.1) is 6.42 Å². The van der Waals surface area contributed by atoms with Crippen LogP contribution in [0, 0.1) is 12.3 Å². The number of urea groups is 1. The van der Waals surface area contributed by atoms with Gasteiger partial charge in [0.2, 0.25) is 0 Å². The molecule has 0 aliphatic carbocycles. The van der Waals surface area contributed by atoms with E-state index in [1.165, 1.54) is 6.26 Å². The fourth-order valence-electron chi connectivity index (χ4n) is 2.56. The maximum Gasteiger partial charge on any atom is 0.321 e. The highest BCUT2D eigenvalue weighted by atomic mass is 16.3. The number of carbonyl (C=O) groups is 2. The number of nitrogens with zero attached hydrogens (tertiary/aromatic N) is 2. The molecule has 3 amide bonds. The molecule has 1 aliphatic heterocycles. The van der Waals surface area contributed by atoms with Crippen molar-refractivity contribution >= 4 is 17.6 Å². The molecular formula is C18H17N3O3. The molecule has 1 aromatic carbocycles. The zero-order valence-corrected chi connectivity index (χ0v) is 13.1. The Labute approximate surface area is 140 Å². The molecule has 1 aliphatic rings. The van der Waals surface area contributed by atoms with Crippen LogP contribution in [-0.2, 0) is 0 Å². The predicted molar refractivity (Wildman–Crippen MR) is 89.6 cm³/mol. The smallest absolute Gasteiger partial charge is 0.321 e. The van der Waals surface area contributed by atoms with E-state index in [1.54, 1.807) is 46.2 Å². The Morgan fingerprint density at radius 2 is 1.83 bits per heavy atom. The summed E-state index contributed by atoms with van der Waals surface area (Å²) in [7, 11) is 0. The van der Waals surface area contributed by atoms with Crippen LogP contribution in [0.4, 0.5) is 10.5 Å². The summed E-state index contributed by atoms with van der Waals surface area (Å²) < 4.78 is 5.12. The van der Waals surface area contributed by atoms with Crippen molar-refractivity contribution in [1.82, 2.24) is 9.80 Å². The van der Waals surface area contributed by atoms with Gasteiger partial charge in [-0.05, 0) is 30.3 Å². The minimum atomic E-state index is -0.200. The highest BCUT2D eigenvalue weighted by molar-refractivity contribution is 5.92. The fraction of sp³-hybridized carbons (Fsp3) is 0.222. The van der Waals surface area contributed by atoms with E-state index in [2.05, 4.69) is 11.2 Å². The fourth-order valence-corrected chi connectivity index (χ4v) is 2.56.